The van der Waals surface area contributed by atoms with E-state index in [1.165, 1.54) is 26.2 Å². The number of hydrogen-bond acceptors (Lipinski definition) is 5. The molecular formula is C14H22N2O5S2. The predicted octanol–water partition coefficient (Wildman–Crippen LogP) is 1.17. The van der Waals surface area contributed by atoms with Gasteiger partial charge in [0.2, 0.25) is 20.0 Å². The molecule has 130 valence electrons. The van der Waals surface area contributed by atoms with Crippen LogP contribution in [0.25, 0.3) is 0 Å². The lowest BCUT2D eigenvalue weighted by Crippen LogP contribution is -2.26. The monoisotopic (exact) mass is 362 g/mol. The van der Waals surface area contributed by atoms with E-state index in [2.05, 4.69) is 4.72 Å². The van der Waals surface area contributed by atoms with Crippen LogP contribution in [0.4, 0.5) is 5.69 Å². The zero-order valence-corrected chi connectivity index (χ0v) is 15.1. The van der Waals surface area contributed by atoms with Crippen molar-refractivity contribution in [2.45, 2.75) is 30.8 Å². The van der Waals surface area contributed by atoms with Gasteiger partial charge in [-0.05, 0) is 37.5 Å². The molecule has 1 fully saturated rings. The summed E-state index contributed by atoms with van der Waals surface area (Å²) >= 11 is 0. The summed E-state index contributed by atoms with van der Waals surface area (Å²) < 4.78 is 57.7. The van der Waals surface area contributed by atoms with Crippen LogP contribution < -0.4 is 4.72 Å². The van der Waals surface area contributed by atoms with E-state index in [-0.39, 0.29) is 22.4 Å². The van der Waals surface area contributed by atoms with E-state index in [9.17, 15) is 16.8 Å². The Balaban J connectivity index is 2.25. The van der Waals surface area contributed by atoms with Crippen LogP contribution >= 0.6 is 0 Å². The number of hydrogen-bond donors (Lipinski definition) is 1. The van der Waals surface area contributed by atoms with Crippen LogP contribution in [0.15, 0.2) is 23.1 Å². The summed E-state index contributed by atoms with van der Waals surface area (Å²) in [5.74, 6) is -0.128. The van der Waals surface area contributed by atoms with Gasteiger partial charge in [0, 0.05) is 20.7 Å². The Bertz CT molecular complexity index is 766. The summed E-state index contributed by atoms with van der Waals surface area (Å²) in [5, 5.41) is 0. The van der Waals surface area contributed by atoms with Gasteiger partial charge in [-0.15, -0.1) is 0 Å². The van der Waals surface area contributed by atoms with E-state index in [0.29, 0.717) is 12.2 Å². The van der Waals surface area contributed by atoms with Crippen molar-refractivity contribution in [3.05, 3.63) is 23.8 Å². The minimum atomic E-state index is -3.62. The molecule has 0 amide bonds. The van der Waals surface area contributed by atoms with Crippen molar-refractivity contribution < 1.29 is 21.6 Å². The smallest absolute Gasteiger partial charge is 0.242 e. The van der Waals surface area contributed by atoms with E-state index < -0.39 is 20.0 Å². The second-order valence-corrected chi connectivity index (χ2v) is 9.70. The maximum Gasteiger partial charge on any atom is 0.242 e. The Morgan fingerprint density at radius 3 is 2.52 bits per heavy atom. The zero-order valence-electron chi connectivity index (χ0n) is 13.4. The number of benzene rings is 1. The second kappa shape index (κ2) is 6.76. The highest BCUT2D eigenvalue weighted by Crippen LogP contribution is 2.24. The Labute approximate surface area is 137 Å². The quantitative estimate of drug-likeness (QED) is 0.820. The molecule has 0 aromatic heterocycles. The second-order valence-electron chi connectivity index (χ2n) is 5.78. The fourth-order valence-corrected chi connectivity index (χ4v) is 4.63. The first kappa shape index (κ1) is 18.2. The SMILES string of the molecule is Cc1ccc(S(=O)(=O)N(C)C)cc1NS(=O)(=O)CC1CCCO1. The average Bonchev–Trinajstić information content (AvgIpc) is 2.92. The maximum atomic E-state index is 12.3. The molecule has 7 nitrogen and oxygen atoms in total. The maximum absolute atomic E-state index is 12.3. The third-order valence-electron chi connectivity index (χ3n) is 3.68. The fourth-order valence-electron chi connectivity index (χ4n) is 2.31. The summed E-state index contributed by atoms with van der Waals surface area (Å²) in [4.78, 5) is 0.0444. The highest BCUT2D eigenvalue weighted by atomic mass is 32.2. The van der Waals surface area contributed by atoms with Crippen LogP contribution in [0.5, 0.6) is 0 Å². The first-order valence-corrected chi connectivity index (χ1v) is 10.4. The predicted molar refractivity (Wildman–Crippen MR) is 88.4 cm³/mol. The highest BCUT2D eigenvalue weighted by Gasteiger charge is 2.24. The van der Waals surface area contributed by atoms with Gasteiger partial charge in [-0.25, -0.2) is 21.1 Å². The minimum Gasteiger partial charge on any atom is -0.377 e. The molecule has 0 radical (unpaired) electrons. The first-order chi connectivity index (χ1) is 10.6. The van der Waals surface area contributed by atoms with Crippen LogP contribution in [0.2, 0.25) is 0 Å². The van der Waals surface area contributed by atoms with Gasteiger partial charge in [-0.1, -0.05) is 6.07 Å². The number of ether oxygens (including phenoxy) is 1. The molecule has 0 spiro atoms. The van der Waals surface area contributed by atoms with E-state index in [1.807, 2.05) is 0 Å². The van der Waals surface area contributed by atoms with E-state index >= 15 is 0 Å². The molecule has 0 saturated carbocycles. The van der Waals surface area contributed by atoms with Crippen LogP contribution in [0.3, 0.4) is 0 Å². The Hall–Kier alpha value is -1.16. The van der Waals surface area contributed by atoms with Crippen molar-refractivity contribution in [1.82, 2.24) is 4.31 Å². The molecule has 1 unspecified atom stereocenters. The van der Waals surface area contributed by atoms with Gasteiger partial charge in [0.25, 0.3) is 0 Å². The van der Waals surface area contributed by atoms with Crippen molar-refractivity contribution in [3.63, 3.8) is 0 Å². The Morgan fingerprint density at radius 2 is 1.96 bits per heavy atom. The van der Waals surface area contributed by atoms with Crippen molar-refractivity contribution in [2.24, 2.45) is 0 Å². The largest absolute Gasteiger partial charge is 0.377 e. The molecule has 9 heteroatoms. The first-order valence-electron chi connectivity index (χ1n) is 7.27. The van der Waals surface area contributed by atoms with Crippen LogP contribution in [-0.2, 0) is 24.8 Å². The lowest BCUT2D eigenvalue weighted by molar-refractivity contribution is 0.127. The van der Waals surface area contributed by atoms with Crippen LogP contribution in [0, 0.1) is 6.92 Å². The van der Waals surface area contributed by atoms with Crippen molar-refractivity contribution in [3.8, 4) is 0 Å². The number of nitrogens with zero attached hydrogens (tertiary/aromatic N) is 1. The van der Waals surface area contributed by atoms with Gasteiger partial charge < -0.3 is 4.74 Å². The van der Waals surface area contributed by atoms with E-state index in [0.717, 1.165) is 17.1 Å². The lowest BCUT2D eigenvalue weighted by Gasteiger charge is -2.16. The summed E-state index contributed by atoms with van der Waals surface area (Å²) in [6, 6.07) is 4.39. The van der Waals surface area contributed by atoms with Crippen LogP contribution in [-0.4, -0.2) is 53.7 Å². The molecule has 1 N–H and O–H groups in total. The summed E-state index contributed by atoms with van der Waals surface area (Å²) in [6.45, 7) is 2.30. The Morgan fingerprint density at radius 1 is 1.26 bits per heavy atom. The van der Waals surface area contributed by atoms with E-state index in [4.69, 9.17) is 4.74 Å². The molecule has 0 aliphatic carbocycles. The van der Waals surface area contributed by atoms with Crippen molar-refractivity contribution >= 4 is 25.7 Å². The van der Waals surface area contributed by atoms with E-state index in [1.54, 1.807) is 13.0 Å². The lowest BCUT2D eigenvalue weighted by atomic mass is 10.2. The standard InChI is InChI=1S/C14H22N2O5S2/c1-11-6-7-13(23(19,20)16(2)3)9-14(11)15-22(17,18)10-12-5-4-8-21-12/h6-7,9,12,15H,4-5,8,10H2,1-3H3. The van der Waals surface area contributed by atoms with Gasteiger partial charge in [-0.2, -0.15) is 0 Å². The molecule has 1 aliphatic rings. The third-order valence-corrected chi connectivity index (χ3v) is 6.83. The number of rotatable bonds is 6. The number of nitrogens with one attached hydrogen (secondary N) is 1. The average molecular weight is 362 g/mol. The molecule has 2 rings (SSSR count). The molecule has 1 heterocycles. The van der Waals surface area contributed by atoms with Crippen molar-refractivity contribution in [1.29, 1.82) is 0 Å². The number of aryl methyl sites for hydroxylation is 1. The molecule has 0 bridgehead atoms. The summed E-state index contributed by atoms with van der Waals surface area (Å²) in [7, 11) is -4.37. The van der Waals surface area contributed by atoms with Gasteiger partial charge in [0.1, 0.15) is 0 Å². The summed E-state index contributed by atoms with van der Waals surface area (Å²) in [6.07, 6.45) is 1.27. The van der Waals surface area contributed by atoms with Gasteiger partial charge >= 0.3 is 0 Å². The fraction of sp³-hybridized carbons (Fsp3) is 0.571. The van der Waals surface area contributed by atoms with Crippen molar-refractivity contribution in [2.75, 3.05) is 31.2 Å². The number of anilines is 1. The number of sulfonamides is 2. The third kappa shape index (κ3) is 4.43. The molecular weight excluding hydrogens is 340 g/mol. The Kier molecular flexibility index (Phi) is 5.34. The molecule has 23 heavy (non-hydrogen) atoms. The van der Waals surface area contributed by atoms with Crippen LogP contribution in [0.1, 0.15) is 18.4 Å². The molecule has 1 aromatic carbocycles. The highest BCUT2D eigenvalue weighted by molar-refractivity contribution is 7.92. The molecule has 1 aliphatic heterocycles. The molecule has 1 aromatic rings. The normalized spacial score (nSPS) is 19.2. The van der Waals surface area contributed by atoms with Gasteiger partial charge in [-0.3, -0.25) is 4.72 Å². The molecule has 1 atom stereocenters. The zero-order chi connectivity index (χ0) is 17.3. The van der Waals surface area contributed by atoms with Gasteiger partial charge in [0.05, 0.1) is 22.4 Å². The topological polar surface area (TPSA) is 92.8 Å². The van der Waals surface area contributed by atoms with Gasteiger partial charge in [0.15, 0.2) is 0 Å². The molecule has 1 saturated heterocycles. The summed E-state index contributed by atoms with van der Waals surface area (Å²) in [5.41, 5.74) is 0.921. The minimum absolute atomic E-state index is 0.0444.